The van der Waals surface area contributed by atoms with Crippen LogP contribution in [0.3, 0.4) is 0 Å². The van der Waals surface area contributed by atoms with Crippen LogP contribution in [-0.2, 0) is 16.6 Å². The summed E-state index contributed by atoms with van der Waals surface area (Å²) in [7, 11) is 2.09. The van der Waals surface area contributed by atoms with Crippen LogP contribution in [-0.4, -0.2) is 54.9 Å². The summed E-state index contributed by atoms with van der Waals surface area (Å²) in [6.07, 6.45) is 2.20. The van der Waals surface area contributed by atoms with Crippen molar-refractivity contribution in [1.29, 1.82) is 5.26 Å². The third-order valence-electron chi connectivity index (χ3n) is 6.36. The number of anilines is 2. The largest absolute Gasteiger partial charge is 0.389 e. The smallest absolute Gasteiger partial charge is 0.258 e. The van der Waals surface area contributed by atoms with E-state index in [9.17, 15) is 10.1 Å². The topological polar surface area (TPSA) is 125 Å². The second-order valence-electron chi connectivity index (χ2n) is 8.56. The molecule has 1 aliphatic heterocycles. The molecule has 1 fully saturated rings. The Morgan fingerprint density at radius 2 is 2.06 bits per heavy atom. The highest BCUT2D eigenvalue weighted by Gasteiger charge is 2.43. The Balaban J connectivity index is 1.66. The molecule has 0 spiro atoms. The van der Waals surface area contributed by atoms with E-state index in [0.29, 0.717) is 33.4 Å². The van der Waals surface area contributed by atoms with Gasteiger partial charge in [-0.2, -0.15) is 10.3 Å². The fourth-order valence-corrected chi connectivity index (χ4v) is 5.86. The molecule has 1 amide bonds. The minimum atomic E-state index is -0.948. The van der Waals surface area contributed by atoms with Gasteiger partial charge in [0.2, 0.25) is 0 Å². The van der Waals surface area contributed by atoms with Gasteiger partial charge >= 0.3 is 0 Å². The monoisotopic (exact) mass is 471 g/mol. The number of hydrogen-bond donors (Lipinski definition) is 2. The van der Waals surface area contributed by atoms with Gasteiger partial charge in [-0.3, -0.25) is 4.79 Å². The van der Waals surface area contributed by atoms with Crippen molar-refractivity contribution in [2.75, 3.05) is 43.9 Å². The van der Waals surface area contributed by atoms with Crippen LogP contribution in [0.25, 0.3) is 0 Å². The van der Waals surface area contributed by atoms with E-state index in [1.54, 1.807) is 6.07 Å². The van der Waals surface area contributed by atoms with E-state index in [1.165, 1.54) is 11.3 Å². The summed E-state index contributed by atoms with van der Waals surface area (Å²) >= 11 is 7.65. The van der Waals surface area contributed by atoms with Gasteiger partial charge < -0.3 is 21.3 Å². The van der Waals surface area contributed by atoms with Crippen molar-refractivity contribution in [3.63, 3.8) is 0 Å². The van der Waals surface area contributed by atoms with E-state index < -0.39 is 11.3 Å². The van der Waals surface area contributed by atoms with Crippen molar-refractivity contribution in [3.8, 4) is 6.07 Å². The summed E-state index contributed by atoms with van der Waals surface area (Å²) in [5.74, 6) is -0.379. The third-order valence-corrected chi connectivity index (χ3v) is 7.63. The average Bonchev–Trinajstić information content (AvgIpc) is 3.10. The van der Waals surface area contributed by atoms with Gasteiger partial charge in [-0.15, -0.1) is 11.3 Å². The van der Waals surface area contributed by atoms with Gasteiger partial charge in [0, 0.05) is 42.3 Å². The van der Waals surface area contributed by atoms with Crippen LogP contribution >= 0.6 is 22.9 Å². The standard InChI is InChI=1S/C22H26ClN7OS/c1-22(5-3-4-16-18(22)14(12-24)20(26)32-16)21(31)28-19(25)15-10-13(11-17(23)27-15)30-8-6-29(2)7-9-30/h10-11H,3-9,26H2,1-2H3,(H2,25,28,31). The van der Waals surface area contributed by atoms with Gasteiger partial charge in [0.05, 0.1) is 11.0 Å². The molecule has 168 valence electrons. The molecule has 4 rings (SSSR count). The number of amides is 1. The number of pyridine rings is 1. The average molecular weight is 472 g/mol. The van der Waals surface area contributed by atoms with Crippen LogP contribution in [0.1, 0.15) is 41.5 Å². The zero-order chi connectivity index (χ0) is 23.0. The summed E-state index contributed by atoms with van der Waals surface area (Å²) in [5.41, 5.74) is 13.7. The molecular formula is C22H26ClN7OS. The first-order chi connectivity index (χ1) is 15.2. The molecule has 0 saturated carbocycles. The zero-order valence-electron chi connectivity index (χ0n) is 18.2. The molecule has 1 saturated heterocycles. The summed E-state index contributed by atoms with van der Waals surface area (Å²) < 4.78 is 0. The molecule has 2 aromatic heterocycles. The number of halogens is 1. The maximum Gasteiger partial charge on any atom is 0.258 e. The summed E-state index contributed by atoms with van der Waals surface area (Å²) in [5, 5.41) is 10.4. The first kappa shape index (κ1) is 22.5. The van der Waals surface area contributed by atoms with Crippen molar-refractivity contribution in [2.24, 2.45) is 10.7 Å². The number of hydrogen-bond acceptors (Lipinski definition) is 7. The Bertz CT molecular complexity index is 1130. The van der Waals surface area contributed by atoms with E-state index in [4.69, 9.17) is 23.1 Å². The summed E-state index contributed by atoms with van der Waals surface area (Å²) in [6.45, 7) is 5.44. The van der Waals surface area contributed by atoms with Gasteiger partial charge in [-0.1, -0.05) is 11.6 Å². The van der Waals surface area contributed by atoms with Crippen LogP contribution in [0.2, 0.25) is 5.15 Å². The van der Waals surface area contributed by atoms with Crippen molar-refractivity contribution < 1.29 is 4.79 Å². The van der Waals surface area contributed by atoms with Crippen LogP contribution in [0.15, 0.2) is 17.1 Å². The van der Waals surface area contributed by atoms with Crippen molar-refractivity contribution in [1.82, 2.24) is 9.88 Å². The van der Waals surface area contributed by atoms with Gasteiger partial charge in [-0.25, -0.2) is 4.98 Å². The maximum atomic E-state index is 13.4. The fourth-order valence-electron chi connectivity index (χ4n) is 4.46. The number of nitriles is 1. The summed E-state index contributed by atoms with van der Waals surface area (Å²) in [6, 6.07) is 5.79. The normalized spacial score (nSPS) is 21.8. The molecular weight excluding hydrogens is 446 g/mol. The molecule has 3 heterocycles. The molecule has 1 unspecified atom stereocenters. The van der Waals surface area contributed by atoms with Crippen molar-refractivity contribution in [3.05, 3.63) is 39.0 Å². The second kappa shape index (κ2) is 8.70. The Morgan fingerprint density at radius 1 is 1.34 bits per heavy atom. The highest BCUT2D eigenvalue weighted by Crippen LogP contribution is 2.46. The van der Waals surface area contributed by atoms with E-state index in [0.717, 1.165) is 49.6 Å². The highest BCUT2D eigenvalue weighted by molar-refractivity contribution is 7.16. The number of aliphatic imine (C=N–C) groups is 1. The first-order valence-electron chi connectivity index (χ1n) is 10.5. The molecule has 1 aliphatic carbocycles. The number of aromatic nitrogens is 1. The number of thiophene rings is 1. The lowest BCUT2D eigenvalue weighted by atomic mass is 9.72. The molecule has 10 heteroatoms. The Kier molecular flexibility index (Phi) is 6.12. The van der Waals surface area contributed by atoms with Gasteiger partial charge in [-0.05, 0) is 45.4 Å². The number of aryl methyl sites for hydroxylation is 1. The van der Waals surface area contributed by atoms with Gasteiger partial charge in [0.15, 0.2) is 5.84 Å². The van der Waals surface area contributed by atoms with Crippen molar-refractivity contribution >= 4 is 45.4 Å². The van der Waals surface area contributed by atoms with Crippen LogP contribution in [0.4, 0.5) is 10.7 Å². The van der Waals surface area contributed by atoms with Crippen molar-refractivity contribution in [2.45, 2.75) is 31.6 Å². The Morgan fingerprint density at radius 3 is 2.75 bits per heavy atom. The van der Waals surface area contributed by atoms with E-state index >= 15 is 0 Å². The SMILES string of the molecule is CN1CCN(c2cc(Cl)nc(C(N)=NC(=O)C3(C)CCCc4sc(N)c(C#N)c43)c2)CC1. The molecule has 0 aromatic carbocycles. The number of rotatable bonds is 3. The van der Waals surface area contributed by atoms with Gasteiger partial charge in [0.1, 0.15) is 21.9 Å². The molecule has 1 atom stereocenters. The molecule has 0 radical (unpaired) electrons. The lowest BCUT2D eigenvalue weighted by Gasteiger charge is -2.34. The number of nitrogens with zero attached hydrogens (tertiary/aromatic N) is 5. The fraction of sp³-hybridized carbons (Fsp3) is 0.455. The molecule has 32 heavy (non-hydrogen) atoms. The maximum absolute atomic E-state index is 13.4. The van der Waals surface area contributed by atoms with E-state index in [1.807, 2.05) is 13.0 Å². The predicted octanol–water partition coefficient (Wildman–Crippen LogP) is 2.53. The minimum Gasteiger partial charge on any atom is -0.389 e. The number of amidine groups is 1. The lowest BCUT2D eigenvalue weighted by Crippen LogP contribution is -2.44. The third kappa shape index (κ3) is 4.06. The zero-order valence-corrected chi connectivity index (χ0v) is 19.8. The number of carbonyl (C=O) groups is 1. The van der Waals surface area contributed by atoms with Crippen LogP contribution < -0.4 is 16.4 Å². The van der Waals surface area contributed by atoms with Crippen LogP contribution in [0, 0.1) is 11.3 Å². The first-order valence-corrected chi connectivity index (χ1v) is 11.7. The highest BCUT2D eigenvalue weighted by atomic mass is 35.5. The number of nitrogens with two attached hydrogens (primary N) is 2. The second-order valence-corrected chi connectivity index (χ2v) is 10.1. The number of nitrogen functional groups attached to an aromatic ring is 1. The Hall–Kier alpha value is -2.67. The molecule has 8 nitrogen and oxygen atoms in total. The number of carbonyl (C=O) groups excluding carboxylic acids is 1. The molecule has 2 aromatic rings. The minimum absolute atomic E-state index is 0.0166. The quantitative estimate of drug-likeness (QED) is 0.400. The number of fused-ring (bicyclic) bond motifs is 1. The summed E-state index contributed by atoms with van der Waals surface area (Å²) in [4.78, 5) is 27.3. The van der Waals surface area contributed by atoms with E-state index in [-0.39, 0.29) is 5.84 Å². The molecule has 2 aliphatic rings. The predicted molar refractivity (Wildman–Crippen MR) is 128 cm³/mol. The number of likely N-dealkylation sites (N-methyl/N-ethyl adjacent to an activating group) is 1. The molecule has 4 N–H and O–H groups in total. The Labute approximate surface area is 196 Å². The van der Waals surface area contributed by atoms with Gasteiger partial charge in [0.25, 0.3) is 5.91 Å². The number of piperazine rings is 1. The van der Waals surface area contributed by atoms with E-state index in [2.05, 4.69) is 32.9 Å². The lowest BCUT2D eigenvalue weighted by molar-refractivity contribution is -0.123. The van der Waals surface area contributed by atoms with Crippen LogP contribution in [0.5, 0.6) is 0 Å². The molecule has 0 bridgehead atoms.